The van der Waals surface area contributed by atoms with Crippen LogP contribution in [0.15, 0.2) is 24.3 Å². The minimum atomic E-state index is -0.725. The summed E-state index contributed by atoms with van der Waals surface area (Å²) in [6, 6.07) is 6.02. The molecule has 1 aromatic carbocycles. The van der Waals surface area contributed by atoms with Crippen LogP contribution in [0.3, 0.4) is 0 Å². The van der Waals surface area contributed by atoms with Crippen molar-refractivity contribution in [1.82, 2.24) is 10.6 Å². The lowest BCUT2D eigenvalue weighted by molar-refractivity contribution is -0.126. The first-order chi connectivity index (χ1) is 18.1. The summed E-state index contributed by atoms with van der Waals surface area (Å²) in [6.45, 7) is 5.80. The summed E-state index contributed by atoms with van der Waals surface area (Å²) >= 11 is 5.56. The average molecular weight is 551 g/mol. The van der Waals surface area contributed by atoms with E-state index in [1.807, 2.05) is 0 Å². The van der Waals surface area contributed by atoms with Gasteiger partial charge in [0.2, 0.25) is 17.7 Å². The van der Waals surface area contributed by atoms with Crippen molar-refractivity contribution < 1.29 is 23.9 Å². The Morgan fingerprint density at radius 1 is 1.00 bits per heavy atom. The number of rotatable bonds is 13. The maximum atomic E-state index is 13.1. The van der Waals surface area contributed by atoms with Crippen LogP contribution in [0.5, 0.6) is 0 Å². The van der Waals surface area contributed by atoms with Crippen LogP contribution in [0.2, 0.25) is 0 Å². The van der Waals surface area contributed by atoms with Gasteiger partial charge in [0.05, 0.1) is 0 Å². The van der Waals surface area contributed by atoms with Crippen molar-refractivity contribution in [2.75, 3.05) is 23.1 Å². The highest BCUT2D eigenvalue weighted by Crippen LogP contribution is 2.27. The number of alkyl halides is 1. The van der Waals surface area contributed by atoms with Crippen LogP contribution < -0.4 is 21.3 Å². The lowest BCUT2D eigenvalue weighted by Gasteiger charge is -2.22. The SMILES string of the molecule is CC(C)(C)OC(=O)NCCCCC(NC(=O)CCC1CCCCC1)C(=O)Nc1cccc(NC(=O)CCl)c1. The van der Waals surface area contributed by atoms with Gasteiger partial charge in [-0.15, -0.1) is 11.6 Å². The molecule has 0 saturated heterocycles. The van der Waals surface area contributed by atoms with Gasteiger partial charge in [0, 0.05) is 24.3 Å². The molecule has 1 unspecified atom stereocenters. The quantitative estimate of drug-likeness (QED) is 0.195. The normalized spacial score (nSPS) is 14.7. The third kappa shape index (κ3) is 13.1. The van der Waals surface area contributed by atoms with E-state index in [9.17, 15) is 19.2 Å². The van der Waals surface area contributed by atoms with Crippen LogP contribution in [-0.2, 0) is 19.1 Å². The van der Waals surface area contributed by atoms with Crippen molar-refractivity contribution >= 4 is 46.8 Å². The molecule has 1 aliphatic carbocycles. The first-order valence-electron chi connectivity index (χ1n) is 13.6. The van der Waals surface area contributed by atoms with Crippen LogP contribution in [0.25, 0.3) is 0 Å². The standard InChI is InChI=1S/C28H43ClN4O5/c1-28(2,3)38-27(37)30-17-8-7-14-23(33-24(34)16-15-20-10-5-4-6-11-20)26(36)32-22-13-9-12-21(18-22)31-25(35)19-29/h9,12-13,18,20,23H,4-8,10-11,14-17,19H2,1-3H3,(H,30,37)(H,31,35)(H,32,36)(H,33,34). The molecule has 38 heavy (non-hydrogen) atoms. The van der Waals surface area contributed by atoms with Crippen molar-refractivity contribution in [3.63, 3.8) is 0 Å². The highest BCUT2D eigenvalue weighted by atomic mass is 35.5. The highest BCUT2D eigenvalue weighted by Gasteiger charge is 2.22. The van der Waals surface area contributed by atoms with E-state index in [1.165, 1.54) is 32.1 Å². The Morgan fingerprint density at radius 3 is 2.34 bits per heavy atom. The smallest absolute Gasteiger partial charge is 0.407 e. The lowest BCUT2D eigenvalue weighted by atomic mass is 9.86. The molecular formula is C28H43ClN4O5. The van der Waals surface area contributed by atoms with Gasteiger partial charge in [-0.1, -0.05) is 38.2 Å². The monoisotopic (exact) mass is 550 g/mol. The molecule has 0 aliphatic heterocycles. The molecular weight excluding hydrogens is 508 g/mol. The molecule has 9 nitrogen and oxygen atoms in total. The number of carbonyl (C=O) groups excluding carboxylic acids is 4. The van der Waals surface area contributed by atoms with Crippen molar-refractivity contribution in [1.29, 1.82) is 0 Å². The molecule has 1 aliphatic rings. The number of alkyl carbamates (subject to hydrolysis) is 1. The molecule has 10 heteroatoms. The van der Waals surface area contributed by atoms with Gasteiger partial charge in [-0.05, 0) is 70.6 Å². The summed E-state index contributed by atoms with van der Waals surface area (Å²) < 4.78 is 5.24. The summed E-state index contributed by atoms with van der Waals surface area (Å²) in [5.74, 6) is -0.415. The van der Waals surface area contributed by atoms with Gasteiger partial charge in [0.15, 0.2) is 0 Å². The number of amides is 4. The van der Waals surface area contributed by atoms with E-state index >= 15 is 0 Å². The largest absolute Gasteiger partial charge is 0.444 e. The number of benzene rings is 1. The van der Waals surface area contributed by atoms with E-state index in [-0.39, 0.29) is 23.6 Å². The van der Waals surface area contributed by atoms with Gasteiger partial charge >= 0.3 is 6.09 Å². The van der Waals surface area contributed by atoms with E-state index in [1.54, 1.807) is 45.0 Å². The second kappa shape index (κ2) is 16.2. The minimum absolute atomic E-state index is 0.134. The van der Waals surface area contributed by atoms with Gasteiger partial charge in [-0.2, -0.15) is 0 Å². The molecule has 4 N–H and O–H groups in total. The summed E-state index contributed by atoms with van der Waals surface area (Å²) in [5, 5.41) is 11.1. The van der Waals surface area contributed by atoms with Crippen molar-refractivity contribution in [3.8, 4) is 0 Å². The van der Waals surface area contributed by atoms with Crippen LogP contribution in [-0.4, -0.2) is 47.9 Å². The number of ether oxygens (including phenoxy) is 1. The molecule has 212 valence electrons. The zero-order valence-electron chi connectivity index (χ0n) is 22.9. The van der Waals surface area contributed by atoms with Gasteiger partial charge in [0.25, 0.3) is 0 Å². The van der Waals surface area contributed by atoms with Crippen LogP contribution in [0.1, 0.15) is 85.0 Å². The van der Waals surface area contributed by atoms with Crippen LogP contribution >= 0.6 is 11.6 Å². The minimum Gasteiger partial charge on any atom is -0.444 e. The predicted octanol–water partition coefficient (Wildman–Crippen LogP) is 5.34. The van der Waals surface area contributed by atoms with E-state index in [0.717, 1.165) is 6.42 Å². The lowest BCUT2D eigenvalue weighted by Crippen LogP contribution is -2.44. The average Bonchev–Trinajstić information content (AvgIpc) is 2.86. The third-order valence-corrected chi connectivity index (χ3v) is 6.52. The molecule has 0 bridgehead atoms. The summed E-state index contributed by atoms with van der Waals surface area (Å²) in [5.41, 5.74) is 0.435. The number of anilines is 2. The molecule has 0 heterocycles. The Balaban J connectivity index is 1.92. The topological polar surface area (TPSA) is 126 Å². The van der Waals surface area contributed by atoms with Gasteiger partial charge in [-0.3, -0.25) is 14.4 Å². The number of carbonyl (C=O) groups is 4. The Kier molecular flexibility index (Phi) is 13.4. The molecule has 4 amide bonds. The van der Waals surface area contributed by atoms with E-state index in [4.69, 9.17) is 16.3 Å². The van der Waals surface area contributed by atoms with Crippen LogP contribution in [0, 0.1) is 5.92 Å². The highest BCUT2D eigenvalue weighted by molar-refractivity contribution is 6.29. The maximum absolute atomic E-state index is 13.1. The molecule has 2 rings (SSSR count). The Hall–Kier alpha value is -2.81. The fraction of sp³-hybridized carbons (Fsp3) is 0.643. The van der Waals surface area contributed by atoms with Gasteiger partial charge < -0.3 is 26.0 Å². The Morgan fingerprint density at radius 2 is 1.68 bits per heavy atom. The number of hydrogen-bond acceptors (Lipinski definition) is 5. The van der Waals surface area contributed by atoms with E-state index in [2.05, 4.69) is 21.3 Å². The van der Waals surface area contributed by atoms with Gasteiger partial charge in [0.1, 0.15) is 17.5 Å². The Labute approximate surface area is 231 Å². The van der Waals surface area contributed by atoms with Crippen molar-refractivity contribution in [2.45, 2.75) is 96.6 Å². The van der Waals surface area contributed by atoms with Crippen molar-refractivity contribution in [2.24, 2.45) is 5.92 Å². The summed E-state index contributed by atoms with van der Waals surface area (Å²) in [4.78, 5) is 49.3. The number of nitrogens with one attached hydrogen (secondary N) is 4. The molecule has 1 saturated carbocycles. The summed E-state index contributed by atoms with van der Waals surface area (Å²) in [7, 11) is 0. The first kappa shape index (κ1) is 31.4. The van der Waals surface area contributed by atoms with Crippen molar-refractivity contribution in [3.05, 3.63) is 24.3 Å². The van der Waals surface area contributed by atoms with E-state index in [0.29, 0.717) is 49.5 Å². The number of hydrogen-bond donors (Lipinski definition) is 4. The second-order valence-electron chi connectivity index (χ2n) is 10.8. The molecule has 1 atom stereocenters. The first-order valence-corrected chi connectivity index (χ1v) is 14.1. The fourth-order valence-corrected chi connectivity index (χ4v) is 4.49. The zero-order chi connectivity index (χ0) is 28.0. The van der Waals surface area contributed by atoms with Gasteiger partial charge in [-0.25, -0.2) is 4.79 Å². The fourth-order valence-electron chi connectivity index (χ4n) is 4.42. The molecule has 1 aromatic rings. The van der Waals surface area contributed by atoms with E-state index < -0.39 is 17.7 Å². The second-order valence-corrected chi connectivity index (χ2v) is 11.1. The number of halogens is 1. The molecule has 1 fully saturated rings. The molecule has 0 radical (unpaired) electrons. The third-order valence-electron chi connectivity index (χ3n) is 6.28. The Bertz CT molecular complexity index is 928. The predicted molar refractivity (Wildman–Crippen MR) is 150 cm³/mol. The molecule has 0 spiro atoms. The maximum Gasteiger partial charge on any atom is 0.407 e. The summed E-state index contributed by atoms with van der Waals surface area (Å²) in [6.07, 6.45) is 8.45. The molecule has 0 aromatic heterocycles. The zero-order valence-corrected chi connectivity index (χ0v) is 23.6. The number of unbranched alkanes of at least 4 members (excludes halogenated alkanes) is 1. The van der Waals surface area contributed by atoms with Crippen LogP contribution in [0.4, 0.5) is 16.2 Å².